The third-order valence-corrected chi connectivity index (χ3v) is 17.1. The molecule has 1 heterocycles. The molecule has 34 heteroatoms. The molecule has 568 valence electrons. The minimum absolute atomic E-state index is 0.0636. The standard InChI is InChI=1S/C68H104N12O21S/c1-46-21-23-47(24-22-46)14-12-19-55(81)70-32-10-5-6-16-52(64(95)96)74-63(94)51(73-57(83)18-7-3-2-4-9-31-69-56(82)20-13-17-53(65(97)98)75-67(101)76-54(66(99)100)29-30-58(84)85)15-8-11-33-71-68(102)72-49-27-25-48(26-28-49)40-50-41-79(44-61(90)91)37-36-77(42-59(86)87)34-35-78(43-60(88)89)38-39-80(50)45-62(92)93/h21-28,50-54H,2-20,29-45H2,1H3,(H,69,82)(H,70,81)(H,73,83)(H,74,94)(H,84,85)(H,86,87)(H,88,89)(H,90,91)(H,92,93)(H,95,96)(H,97,98)(H,99,100)(H2,71,72,102)(H2,75,76,101)/t50?,51-,52-,53-,54-/m0/s1. The van der Waals surface area contributed by atoms with Crippen molar-refractivity contribution in [1.29, 1.82) is 0 Å². The second kappa shape index (κ2) is 49.4. The largest absolute Gasteiger partial charge is 0.481 e. The van der Waals surface area contributed by atoms with Gasteiger partial charge in [-0.05, 0) is 126 Å². The molecule has 0 bridgehead atoms. The number of thiocarbonyl (C=S) groups is 1. The Kier molecular flexibility index (Phi) is 42.2. The number of carbonyl (C=O) groups excluding carboxylic acids is 5. The zero-order valence-corrected chi connectivity index (χ0v) is 58.9. The molecule has 16 N–H and O–H groups in total. The lowest BCUT2D eigenvalue weighted by atomic mass is 10.0. The van der Waals surface area contributed by atoms with Gasteiger partial charge in [0.25, 0.3) is 0 Å². The Labute approximate surface area is 598 Å². The number of anilines is 1. The molecule has 1 saturated heterocycles. The summed E-state index contributed by atoms with van der Waals surface area (Å²) in [6.45, 7) is 2.52. The van der Waals surface area contributed by atoms with E-state index in [0.29, 0.717) is 102 Å². The summed E-state index contributed by atoms with van der Waals surface area (Å²) in [4.78, 5) is 165. The van der Waals surface area contributed by atoms with Crippen LogP contribution in [0.3, 0.4) is 0 Å². The van der Waals surface area contributed by atoms with Crippen molar-refractivity contribution in [1.82, 2.24) is 56.8 Å². The topological polar surface area (TPSA) is 493 Å². The highest BCUT2D eigenvalue weighted by Crippen LogP contribution is 2.18. The zero-order chi connectivity index (χ0) is 75.4. The summed E-state index contributed by atoms with van der Waals surface area (Å²) >= 11 is 5.59. The van der Waals surface area contributed by atoms with Crippen molar-refractivity contribution in [2.45, 2.75) is 178 Å². The minimum Gasteiger partial charge on any atom is -0.481 e. The lowest BCUT2D eigenvalue weighted by molar-refractivity contribution is -0.142. The average molecular weight is 1460 g/mol. The molecule has 0 saturated carbocycles. The molecule has 0 radical (unpaired) electrons. The van der Waals surface area contributed by atoms with Gasteiger partial charge in [0.2, 0.25) is 23.6 Å². The molecular formula is C68H104N12O21S. The number of nitrogens with zero attached hydrogens (tertiary/aromatic N) is 4. The summed E-state index contributed by atoms with van der Waals surface area (Å²) in [5.74, 6) is -11.5. The van der Waals surface area contributed by atoms with E-state index in [1.807, 2.05) is 36.5 Å². The SMILES string of the molecule is Cc1ccc(CCCC(=O)NCCCCC[C@H](NC(=O)[C@H](CCCCNC(=S)Nc2ccc(CC3CN(CC(=O)O)CCN(CC(=O)O)CCN(CC(=O)O)CCN3CC(=O)O)cc2)NC(=O)CCCCCCCNC(=O)CCC[C@H](NC(=O)N[C@@H](CCC(=O)O)C(=O)O)C(=O)O)C(=O)O)cc1. The van der Waals surface area contributed by atoms with Gasteiger partial charge >= 0.3 is 53.8 Å². The van der Waals surface area contributed by atoms with Crippen molar-refractivity contribution in [2.24, 2.45) is 0 Å². The fourth-order valence-electron chi connectivity index (χ4n) is 11.3. The number of benzene rings is 2. The van der Waals surface area contributed by atoms with Crippen molar-refractivity contribution >= 4 is 100 Å². The van der Waals surface area contributed by atoms with Crippen LogP contribution < -0.4 is 42.5 Å². The maximum Gasteiger partial charge on any atom is 0.326 e. The van der Waals surface area contributed by atoms with E-state index in [4.69, 9.17) is 17.3 Å². The maximum atomic E-state index is 13.9. The number of rotatable bonds is 49. The Morgan fingerprint density at radius 1 is 0.422 bits per heavy atom. The number of nitrogens with one attached hydrogen (secondary N) is 8. The van der Waals surface area contributed by atoms with E-state index >= 15 is 0 Å². The van der Waals surface area contributed by atoms with Crippen molar-refractivity contribution in [3.8, 4) is 0 Å². The molecule has 2 aromatic rings. The summed E-state index contributed by atoms with van der Waals surface area (Å²) in [5.41, 5.74) is 3.66. The van der Waals surface area contributed by atoms with Crippen molar-refractivity contribution < 1.29 is 103 Å². The van der Waals surface area contributed by atoms with Crippen LogP contribution in [0.15, 0.2) is 48.5 Å². The molecule has 0 spiro atoms. The van der Waals surface area contributed by atoms with Gasteiger partial charge in [-0.15, -0.1) is 0 Å². The van der Waals surface area contributed by atoms with E-state index < -0.39 is 122 Å². The highest BCUT2D eigenvalue weighted by atomic mass is 32.1. The highest BCUT2D eigenvalue weighted by Gasteiger charge is 2.30. The van der Waals surface area contributed by atoms with Gasteiger partial charge in [0.1, 0.15) is 24.2 Å². The van der Waals surface area contributed by atoms with E-state index in [0.717, 1.165) is 23.1 Å². The molecule has 1 aliphatic rings. The molecule has 0 aromatic heterocycles. The number of hydrogen-bond donors (Lipinski definition) is 16. The van der Waals surface area contributed by atoms with E-state index in [1.165, 1.54) is 0 Å². The first-order chi connectivity index (χ1) is 48.5. The zero-order valence-electron chi connectivity index (χ0n) is 58.0. The van der Waals surface area contributed by atoms with E-state index in [-0.39, 0.29) is 121 Å². The minimum atomic E-state index is -1.57. The number of unbranched alkanes of at least 4 members (excludes halogenated alkanes) is 7. The van der Waals surface area contributed by atoms with E-state index in [1.54, 1.807) is 43.9 Å². The quantitative estimate of drug-likeness (QED) is 0.0334. The molecule has 1 aliphatic heterocycles. The third-order valence-electron chi connectivity index (χ3n) is 16.9. The fourth-order valence-corrected chi connectivity index (χ4v) is 11.5. The number of carboxylic acids is 8. The highest BCUT2D eigenvalue weighted by molar-refractivity contribution is 7.80. The fraction of sp³-hybridized carbons (Fsp3) is 0.618. The van der Waals surface area contributed by atoms with Crippen LogP contribution in [0, 0.1) is 6.92 Å². The van der Waals surface area contributed by atoms with Gasteiger partial charge in [-0.1, -0.05) is 74.1 Å². The van der Waals surface area contributed by atoms with Gasteiger partial charge in [-0.2, -0.15) is 0 Å². The first-order valence-corrected chi connectivity index (χ1v) is 35.0. The molecular weight excluding hydrogens is 1350 g/mol. The Morgan fingerprint density at radius 2 is 0.863 bits per heavy atom. The van der Waals surface area contributed by atoms with Gasteiger partial charge in [0, 0.05) is 103 Å². The molecule has 0 aliphatic carbocycles. The second-order valence-electron chi connectivity index (χ2n) is 25.4. The molecule has 3 rings (SSSR count). The summed E-state index contributed by atoms with van der Waals surface area (Å²) in [6, 6.07) is 8.20. The summed E-state index contributed by atoms with van der Waals surface area (Å²) in [5, 5.41) is 98.6. The van der Waals surface area contributed by atoms with Crippen LogP contribution in [0.5, 0.6) is 0 Å². The Hall–Kier alpha value is -9.12. The van der Waals surface area contributed by atoms with Crippen LogP contribution in [-0.4, -0.2) is 265 Å². The van der Waals surface area contributed by atoms with Gasteiger partial charge < -0.3 is 83.4 Å². The predicted octanol–water partition coefficient (Wildman–Crippen LogP) is 2.37. The number of hydrogen-bond acceptors (Lipinski definition) is 18. The Bertz CT molecular complexity index is 3040. The molecule has 1 unspecified atom stereocenters. The lowest BCUT2D eigenvalue weighted by Gasteiger charge is -2.37. The molecule has 5 atom stereocenters. The van der Waals surface area contributed by atoms with Gasteiger partial charge in [-0.3, -0.25) is 62.8 Å². The Morgan fingerprint density at radius 3 is 1.43 bits per heavy atom. The van der Waals surface area contributed by atoms with E-state index in [9.17, 15) is 98.1 Å². The smallest absolute Gasteiger partial charge is 0.326 e. The predicted molar refractivity (Wildman–Crippen MR) is 376 cm³/mol. The number of amides is 6. The summed E-state index contributed by atoms with van der Waals surface area (Å²) in [6.07, 6.45) is 6.82. The number of aliphatic carboxylic acids is 8. The molecule has 33 nitrogen and oxygen atoms in total. The molecule has 2 aromatic carbocycles. The Balaban J connectivity index is 1.57. The number of urea groups is 1. The van der Waals surface area contributed by atoms with Gasteiger partial charge in [-0.25, -0.2) is 19.2 Å². The van der Waals surface area contributed by atoms with Crippen LogP contribution in [0.2, 0.25) is 0 Å². The van der Waals surface area contributed by atoms with Crippen LogP contribution in [0.25, 0.3) is 0 Å². The molecule has 1 fully saturated rings. The van der Waals surface area contributed by atoms with Crippen LogP contribution in [0.4, 0.5) is 10.5 Å². The number of carboxylic acid groups (broad SMARTS) is 8. The van der Waals surface area contributed by atoms with Crippen molar-refractivity contribution in [2.75, 3.05) is 96.9 Å². The normalized spacial score (nSPS) is 15.2. The number of aryl methyl sites for hydroxylation is 2. The van der Waals surface area contributed by atoms with Gasteiger partial charge in [0.05, 0.1) is 26.2 Å². The van der Waals surface area contributed by atoms with Crippen molar-refractivity contribution in [3.05, 3.63) is 65.2 Å². The van der Waals surface area contributed by atoms with Crippen LogP contribution in [0.1, 0.15) is 145 Å². The van der Waals surface area contributed by atoms with Gasteiger partial charge in [0.15, 0.2) is 5.11 Å². The third kappa shape index (κ3) is 40.4. The van der Waals surface area contributed by atoms with Crippen molar-refractivity contribution in [3.63, 3.8) is 0 Å². The average Bonchev–Trinajstić information content (AvgIpc) is 0.860. The monoisotopic (exact) mass is 1460 g/mol. The van der Waals surface area contributed by atoms with Crippen LogP contribution in [-0.2, 0) is 70.4 Å². The maximum absolute atomic E-state index is 13.9. The number of carbonyl (C=O) groups is 13. The first-order valence-electron chi connectivity index (χ1n) is 34.6. The summed E-state index contributed by atoms with van der Waals surface area (Å²) in [7, 11) is 0. The van der Waals surface area contributed by atoms with Crippen LogP contribution >= 0.6 is 12.2 Å². The summed E-state index contributed by atoms with van der Waals surface area (Å²) < 4.78 is 0. The van der Waals surface area contributed by atoms with E-state index in [2.05, 4.69) is 37.2 Å². The lowest BCUT2D eigenvalue weighted by Crippen LogP contribution is -2.53. The first kappa shape index (κ1) is 87.1. The molecule has 102 heavy (non-hydrogen) atoms. The molecule has 6 amide bonds. The second-order valence-corrected chi connectivity index (χ2v) is 25.8.